The lowest BCUT2D eigenvalue weighted by molar-refractivity contribution is 0.243. The normalized spacial score (nSPS) is 15.4. The summed E-state index contributed by atoms with van der Waals surface area (Å²) in [6, 6.07) is 6.78. The molecule has 25 heavy (non-hydrogen) atoms. The Labute approximate surface area is 144 Å². The fourth-order valence-electron chi connectivity index (χ4n) is 3.13. The van der Waals surface area contributed by atoms with E-state index < -0.39 is 0 Å². The Kier molecular flexibility index (Phi) is 4.05. The van der Waals surface area contributed by atoms with Crippen molar-refractivity contribution in [1.29, 1.82) is 0 Å². The molecule has 0 radical (unpaired) electrons. The van der Waals surface area contributed by atoms with Gasteiger partial charge < -0.3 is 5.32 Å². The largest absolute Gasteiger partial charge is 0.368 e. The maximum absolute atomic E-state index is 14.1. The molecule has 1 N–H and O–H groups in total. The fourth-order valence-corrected chi connectivity index (χ4v) is 3.13. The van der Waals surface area contributed by atoms with Crippen LogP contribution in [0.3, 0.4) is 0 Å². The summed E-state index contributed by atoms with van der Waals surface area (Å²) in [5.41, 5.74) is 1.61. The van der Waals surface area contributed by atoms with E-state index in [1.807, 2.05) is 12.1 Å². The summed E-state index contributed by atoms with van der Waals surface area (Å²) >= 11 is 0. The van der Waals surface area contributed by atoms with Crippen molar-refractivity contribution in [3.05, 3.63) is 60.6 Å². The SMILES string of the molecule is Fc1cccnc1C1(CNc2ccc(-c3cnccn3)nn2)CCC1. The third kappa shape index (κ3) is 3.05. The van der Waals surface area contributed by atoms with Crippen LogP contribution in [-0.2, 0) is 5.41 Å². The first-order valence-electron chi connectivity index (χ1n) is 8.22. The third-order valence-corrected chi connectivity index (χ3v) is 4.67. The van der Waals surface area contributed by atoms with Gasteiger partial charge in [-0.15, -0.1) is 10.2 Å². The molecule has 1 saturated carbocycles. The van der Waals surface area contributed by atoms with Crippen LogP contribution in [0.15, 0.2) is 49.1 Å². The second-order valence-corrected chi connectivity index (χ2v) is 6.22. The van der Waals surface area contributed by atoms with Crippen LogP contribution in [0.4, 0.5) is 10.2 Å². The van der Waals surface area contributed by atoms with Gasteiger partial charge in [0.2, 0.25) is 0 Å². The molecule has 126 valence electrons. The van der Waals surface area contributed by atoms with E-state index >= 15 is 0 Å². The lowest BCUT2D eigenvalue weighted by Crippen LogP contribution is -2.42. The number of rotatable bonds is 5. The first-order chi connectivity index (χ1) is 12.3. The monoisotopic (exact) mass is 336 g/mol. The smallest absolute Gasteiger partial charge is 0.148 e. The topological polar surface area (TPSA) is 76.5 Å². The molecule has 6 nitrogen and oxygen atoms in total. The molecule has 0 saturated heterocycles. The van der Waals surface area contributed by atoms with E-state index in [4.69, 9.17) is 0 Å². The average molecular weight is 336 g/mol. The van der Waals surface area contributed by atoms with Gasteiger partial charge in [0.05, 0.1) is 11.9 Å². The van der Waals surface area contributed by atoms with Crippen molar-refractivity contribution < 1.29 is 4.39 Å². The van der Waals surface area contributed by atoms with E-state index in [0.717, 1.165) is 19.3 Å². The molecule has 3 aromatic rings. The molecule has 0 aliphatic heterocycles. The van der Waals surface area contributed by atoms with Gasteiger partial charge in [0.25, 0.3) is 0 Å². The van der Waals surface area contributed by atoms with Crippen molar-refractivity contribution in [1.82, 2.24) is 25.1 Å². The third-order valence-electron chi connectivity index (χ3n) is 4.67. The second kappa shape index (κ2) is 6.51. The zero-order valence-electron chi connectivity index (χ0n) is 13.6. The van der Waals surface area contributed by atoms with Gasteiger partial charge in [-0.05, 0) is 37.1 Å². The summed E-state index contributed by atoms with van der Waals surface area (Å²) in [5.74, 6) is 0.406. The van der Waals surface area contributed by atoms with Crippen LogP contribution in [0, 0.1) is 5.82 Å². The Morgan fingerprint density at radius 3 is 2.56 bits per heavy atom. The quantitative estimate of drug-likeness (QED) is 0.772. The van der Waals surface area contributed by atoms with Gasteiger partial charge in [0.1, 0.15) is 23.0 Å². The van der Waals surface area contributed by atoms with Crippen LogP contribution in [0.1, 0.15) is 25.0 Å². The van der Waals surface area contributed by atoms with E-state index in [1.165, 1.54) is 6.07 Å². The molecule has 7 heteroatoms. The highest BCUT2D eigenvalue weighted by atomic mass is 19.1. The predicted molar refractivity (Wildman–Crippen MR) is 91.3 cm³/mol. The van der Waals surface area contributed by atoms with Gasteiger partial charge in [-0.1, -0.05) is 6.42 Å². The maximum atomic E-state index is 14.1. The number of halogens is 1. The molecular weight excluding hydrogens is 319 g/mol. The van der Waals surface area contributed by atoms with Gasteiger partial charge in [0, 0.05) is 30.6 Å². The molecule has 0 bridgehead atoms. The summed E-state index contributed by atoms with van der Waals surface area (Å²) in [7, 11) is 0. The summed E-state index contributed by atoms with van der Waals surface area (Å²) < 4.78 is 14.1. The Bertz CT molecular complexity index is 849. The minimum atomic E-state index is -0.267. The minimum Gasteiger partial charge on any atom is -0.368 e. The van der Waals surface area contributed by atoms with Crippen molar-refractivity contribution >= 4 is 5.82 Å². The van der Waals surface area contributed by atoms with Crippen LogP contribution in [-0.4, -0.2) is 31.7 Å². The second-order valence-electron chi connectivity index (χ2n) is 6.22. The summed E-state index contributed by atoms with van der Waals surface area (Å²) in [4.78, 5) is 12.5. The van der Waals surface area contributed by atoms with E-state index in [-0.39, 0.29) is 11.2 Å². The Hall–Kier alpha value is -2.96. The molecule has 1 aliphatic rings. The molecule has 0 unspecified atom stereocenters. The summed E-state index contributed by atoms with van der Waals surface area (Å²) in [6.45, 7) is 0.583. The van der Waals surface area contributed by atoms with E-state index in [9.17, 15) is 4.39 Å². The maximum Gasteiger partial charge on any atom is 0.148 e. The molecular formula is C18H17FN6. The molecule has 0 amide bonds. The fraction of sp³-hybridized carbons (Fsp3) is 0.278. The molecule has 3 heterocycles. The van der Waals surface area contributed by atoms with Crippen molar-refractivity contribution in [2.75, 3.05) is 11.9 Å². The van der Waals surface area contributed by atoms with Crippen LogP contribution in [0.2, 0.25) is 0 Å². The average Bonchev–Trinajstić information content (AvgIpc) is 2.63. The first kappa shape index (κ1) is 15.6. The zero-order chi connectivity index (χ0) is 17.1. The molecule has 1 aliphatic carbocycles. The van der Waals surface area contributed by atoms with Gasteiger partial charge >= 0.3 is 0 Å². The van der Waals surface area contributed by atoms with E-state index in [1.54, 1.807) is 30.9 Å². The van der Waals surface area contributed by atoms with Gasteiger partial charge in [-0.25, -0.2) is 4.39 Å². The number of anilines is 1. The summed E-state index contributed by atoms with van der Waals surface area (Å²) in [6.07, 6.45) is 9.43. The molecule has 0 atom stereocenters. The van der Waals surface area contributed by atoms with E-state index in [2.05, 4.69) is 30.5 Å². The van der Waals surface area contributed by atoms with Crippen molar-refractivity contribution in [2.24, 2.45) is 0 Å². The Morgan fingerprint density at radius 2 is 1.92 bits per heavy atom. The van der Waals surface area contributed by atoms with Crippen LogP contribution < -0.4 is 5.32 Å². The highest BCUT2D eigenvalue weighted by molar-refractivity contribution is 5.53. The first-order valence-corrected chi connectivity index (χ1v) is 8.22. The Balaban J connectivity index is 1.48. The van der Waals surface area contributed by atoms with Crippen molar-refractivity contribution in [3.8, 4) is 11.4 Å². The zero-order valence-corrected chi connectivity index (χ0v) is 13.6. The Morgan fingerprint density at radius 1 is 1.00 bits per heavy atom. The number of nitrogens with zero attached hydrogens (tertiary/aromatic N) is 5. The predicted octanol–water partition coefficient (Wildman–Crippen LogP) is 3.00. The minimum absolute atomic E-state index is 0.243. The number of pyridine rings is 1. The lowest BCUT2D eigenvalue weighted by atomic mass is 9.66. The molecule has 3 aromatic heterocycles. The lowest BCUT2D eigenvalue weighted by Gasteiger charge is -2.41. The van der Waals surface area contributed by atoms with Crippen molar-refractivity contribution in [2.45, 2.75) is 24.7 Å². The highest BCUT2D eigenvalue weighted by Crippen LogP contribution is 2.43. The number of nitrogens with one attached hydrogen (secondary N) is 1. The number of hydrogen-bond acceptors (Lipinski definition) is 6. The van der Waals surface area contributed by atoms with Crippen molar-refractivity contribution in [3.63, 3.8) is 0 Å². The molecule has 4 rings (SSSR count). The number of hydrogen-bond donors (Lipinski definition) is 1. The molecule has 0 aromatic carbocycles. The van der Waals surface area contributed by atoms with E-state index in [0.29, 0.717) is 29.4 Å². The molecule has 1 fully saturated rings. The highest BCUT2D eigenvalue weighted by Gasteiger charge is 2.41. The van der Waals surface area contributed by atoms with Gasteiger partial charge in [-0.2, -0.15) is 0 Å². The van der Waals surface area contributed by atoms with Crippen LogP contribution >= 0.6 is 0 Å². The summed E-state index contributed by atoms with van der Waals surface area (Å²) in [5, 5.41) is 11.6. The standard InChI is InChI=1S/C18H17FN6/c19-13-3-1-8-22-17(13)18(6-2-7-18)12-23-16-5-4-14(24-25-16)15-11-20-9-10-21-15/h1,3-5,8-11H,2,6-7,12H2,(H,23,25). The molecule has 0 spiro atoms. The number of aromatic nitrogens is 5. The van der Waals surface area contributed by atoms with Crippen LogP contribution in [0.25, 0.3) is 11.4 Å². The van der Waals surface area contributed by atoms with Gasteiger partial charge in [-0.3, -0.25) is 15.0 Å². The van der Waals surface area contributed by atoms with Crippen LogP contribution in [0.5, 0.6) is 0 Å². The van der Waals surface area contributed by atoms with Gasteiger partial charge in [0.15, 0.2) is 0 Å².